The first-order chi connectivity index (χ1) is 9.97. The molecule has 0 aliphatic heterocycles. The lowest BCUT2D eigenvalue weighted by molar-refractivity contribution is -0.114. The minimum atomic E-state index is -0.281. The van der Waals surface area contributed by atoms with E-state index in [-0.39, 0.29) is 11.8 Å². The lowest BCUT2D eigenvalue weighted by Crippen LogP contribution is -2.15. The Kier molecular flexibility index (Phi) is 4.23. The summed E-state index contributed by atoms with van der Waals surface area (Å²) in [6.07, 6.45) is 0. The molecule has 2 rings (SSSR count). The van der Waals surface area contributed by atoms with Crippen LogP contribution >= 0.6 is 0 Å². The Bertz CT molecular complexity index is 696. The Hall–Kier alpha value is -2.82. The second kappa shape index (κ2) is 6.09. The second-order valence-electron chi connectivity index (χ2n) is 4.75. The van der Waals surface area contributed by atoms with E-state index in [1.54, 1.807) is 36.4 Å². The van der Waals surface area contributed by atoms with Gasteiger partial charge in [0.2, 0.25) is 5.91 Å². The molecule has 5 heteroatoms. The fourth-order valence-electron chi connectivity index (χ4n) is 1.96. The van der Waals surface area contributed by atoms with Gasteiger partial charge in [0.25, 0.3) is 5.91 Å². The molecule has 0 saturated carbocycles. The average Bonchev–Trinajstić information content (AvgIpc) is 2.41. The molecule has 0 bridgehead atoms. The number of nitrogens with one attached hydrogen (secondary N) is 2. The number of amides is 2. The van der Waals surface area contributed by atoms with Crippen LogP contribution in [0.2, 0.25) is 0 Å². The number of carbonyl (C=O) groups excluding carboxylic acids is 2. The minimum Gasteiger partial charge on any atom is -0.398 e. The van der Waals surface area contributed by atoms with Gasteiger partial charge in [0.05, 0.1) is 5.56 Å². The Morgan fingerprint density at radius 2 is 1.62 bits per heavy atom. The number of carbonyl (C=O) groups is 2. The van der Waals surface area contributed by atoms with E-state index >= 15 is 0 Å². The highest BCUT2D eigenvalue weighted by Crippen LogP contribution is 2.20. The van der Waals surface area contributed by atoms with Gasteiger partial charge in [-0.3, -0.25) is 9.59 Å². The summed E-state index contributed by atoms with van der Waals surface area (Å²) >= 11 is 0. The SMILES string of the molecule is CC(=O)Nc1cccc(NC(=O)c2cccc(C)c2N)c1. The first-order valence-electron chi connectivity index (χ1n) is 6.51. The van der Waals surface area contributed by atoms with Crippen molar-refractivity contribution in [1.29, 1.82) is 0 Å². The number of hydrogen-bond acceptors (Lipinski definition) is 3. The fourth-order valence-corrected chi connectivity index (χ4v) is 1.96. The molecule has 0 aliphatic rings. The molecule has 0 aromatic heterocycles. The van der Waals surface area contributed by atoms with Gasteiger partial charge in [-0.05, 0) is 36.8 Å². The molecule has 0 unspecified atom stereocenters. The molecule has 2 amide bonds. The van der Waals surface area contributed by atoms with Gasteiger partial charge in [-0.25, -0.2) is 0 Å². The van der Waals surface area contributed by atoms with Crippen LogP contribution in [0.5, 0.6) is 0 Å². The summed E-state index contributed by atoms with van der Waals surface area (Å²) in [5.41, 5.74) is 8.88. The zero-order valence-corrected chi connectivity index (χ0v) is 11.9. The number of para-hydroxylation sites is 1. The summed E-state index contributed by atoms with van der Waals surface area (Å²) in [6.45, 7) is 3.28. The van der Waals surface area contributed by atoms with Crippen molar-refractivity contribution in [2.45, 2.75) is 13.8 Å². The quantitative estimate of drug-likeness (QED) is 0.757. The lowest BCUT2D eigenvalue weighted by Gasteiger charge is -2.10. The van der Waals surface area contributed by atoms with Gasteiger partial charge in [0.15, 0.2) is 0 Å². The summed E-state index contributed by atoms with van der Waals surface area (Å²) in [5, 5.41) is 5.43. The highest BCUT2D eigenvalue weighted by atomic mass is 16.2. The van der Waals surface area contributed by atoms with Crippen molar-refractivity contribution in [1.82, 2.24) is 0 Å². The molecule has 5 nitrogen and oxygen atoms in total. The summed E-state index contributed by atoms with van der Waals surface area (Å²) in [5.74, 6) is -0.447. The van der Waals surface area contributed by atoms with E-state index in [0.717, 1.165) is 5.56 Å². The van der Waals surface area contributed by atoms with Crippen LogP contribution in [-0.4, -0.2) is 11.8 Å². The van der Waals surface area contributed by atoms with Crippen LogP contribution in [0.15, 0.2) is 42.5 Å². The molecule has 0 heterocycles. The van der Waals surface area contributed by atoms with Gasteiger partial charge in [-0.2, -0.15) is 0 Å². The molecule has 21 heavy (non-hydrogen) atoms. The molecular weight excluding hydrogens is 266 g/mol. The Labute approximate surface area is 123 Å². The van der Waals surface area contributed by atoms with E-state index in [0.29, 0.717) is 22.6 Å². The first kappa shape index (κ1) is 14.6. The molecule has 0 fully saturated rings. The van der Waals surface area contributed by atoms with Crippen molar-refractivity contribution in [3.05, 3.63) is 53.6 Å². The fraction of sp³-hybridized carbons (Fsp3) is 0.125. The Morgan fingerprint density at radius 1 is 1.00 bits per heavy atom. The van der Waals surface area contributed by atoms with Crippen LogP contribution in [0.25, 0.3) is 0 Å². The third kappa shape index (κ3) is 3.60. The predicted octanol–water partition coefficient (Wildman–Crippen LogP) is 2.79. The highest BCUT2D eigenvalue weighted by molar-refractivity contribution is 6.08. The summed E-state index contributed by atoms with van der Waals surface area (Å²) in [4.78, 5) is 23.3. The summed E-state index contributed by atoms with van der Waals surface area (Å²) in [6, 6.07) is 12.2. The average molecular weight is 283 g/mol. The van der Waals surface area contributed by atoms with Crippen molar-refractivity contribution in [3.8, 4) is 0 Å². The highest BCUT2D eigenvalue weighted by Gasteiger charge is 2.11. The first-order valence-corrected chi connectivity index (χ1v) is 6.51. The number of benzene rings is 2. The molecule has 0 radical (unpaired) electrons. The van der Waals surface area contributed by atoms with E-state index < -0.39 is 0 Å². The topological polar surface area (TPSA) is 84.2 Å². The van der Waals surface area contributed by atoms with Gasteiger partial charge in [-0.15, -0.1) is 0 Å². The monoisotopic (exact) mass is 283 g/mol. The number of nitrogen functional groups attached to an aromatic ring is 1. The molecule has 0 aliphatic carbocycles. The minimum absolute atomic E-state index is 0.165. The Balaban J connectivity index is 2.20. The normalized spacial score (nSPS) is 10.0. The number of aryl methyl sites for hydroxylation is 1. The van der Waals surface area contributed by atoms with Crippen LogP contribution in [0.3, 0.4) is 0 Å². The zero-order valence-electron chi connectivity index (χ0n) is 11.9. The predicted molar refractivity (Wildman–Crippen MR) is 84.3 cm³/mol. The van der Waals surface area contributed by atoms with Crippen LogP contribution in [0.4, 0.5) is 17.1 Å². The molecule has 0 atom stereocenters. The summed E-state index contributed by atoms with van der Waals surface area (Å²) in [7, 11) is 0. The maximum Gasteiger partial charge on any atom is 0.257 e. The van der Waals surface area contributed by atoms with E-state index in [9.17, 15) is 9.59 Å². The van der Waals surface area contributed by atoms with Gasteiger partial charge in [0, 0.05) is 24.0 Å². The van der Waals surface area contributed by atoms with Gasteiger partial charge >= 0.3 is 0 Å². The molecular formula is C16H17N3O2. The third-order valence-corrected chi connectivity index (χ3v) is 3.01. The molecule has 108 valence electrons. The van der Waals surface area contributed by atoms with Crippen molar-refractivity contribution in [3.63, 3.8) is 0 Å². The maximum absolute atomic E-state index is 12.2. The van der Waals surface area contributed by atoms with E-state index in [1.165, 1.54) is 6.92 Å². The lowest BCUT2D eigenvalue weighted by atomic mass is 10.1. The number of rotatable bonds is 3. The standard InChI is InChI=1S/C16H17N3O2/c1-10-5-3-8-14(15(10)17)16(21)19-13-7-4-6-12(9-13)18-11(2)20/h3-9H,17H2,1-2H3,(H,18,20)(H,19,21). The smallest absolute Gasteiger partial charge is 0.257 e. The molecule has 2 aromatic carbocycles. The van der Waals surface area contributed by atoms with Gasteiger partial charge in [-0.1, -0.05) is 18.2 Å². The van der Waals surface area contributed by atoms with Crippen LogP contribution in [-0.2, 0) is 4.79 Å². The van der Waals surface area contributed by atoms with Crippen molar-refractivity contribution in [2.75, 3.05) is 16.4 Å². The number of nitrogens with two attached hydrogens (primary N) is 1. The van der Waals surface area contributed by atoms with Gasteiger partial charge in [0.1, 0.15) is 0 Å². The molecule has 2 aromatic rings. The zero-order chi connectivity index (χ0) is 15.4. The number of hydrogen-bond donors (Lipinski definition) is 3. The molecule has 0 saturated heterocycles. The Morgan fingerprint density at radius 3 is 2.29 bits per heavy atom. The largest absolute Gasteiger partial charge is 0.398 e. The maximum atomic E-state index is 12.2. The van der Waals surface area contributed by atoms with E-state index in [1.807, 2.05) is 13.0 Å². The van der Waals surface area contributed by atoms with Crippen molar-refractivity contribution >= 4 is 28.9 Å². The van der Waals surface area contributed by atoms with E-state index in [4.69, 9.17) is 5.73 Å². The van der Waals surface area contributed by atoms with Crippen LogP contribution in [0.1, 0.15) is 22.8 Å². The summed E-state index contributed by atoms with van der Waals surface area (Å²) < 4.78 is 0. The van der Waals surface area contributed by atoms with Crippen molar-refractivity contribution in [2.24, 2.45) is 0 Å². The second-order valence-corrected chi connectivity index (χ2v) is 4.75. The van der Waals surface area contributed by atoms with Crippen LogP contribution in [0, 0.1) is 6.92 Å². The molecule has 0 spiro atoms. The van der Waals surface area contributed by atoms with Gasteiger partial charge < -0.3 is 16.4 Å². The molecule has 4 N–H and O–H groups in total. The van der Waals surface area contributed by atoms with E-state index in [2.05, 4.69) is 10.6 Å². The van der Waals surface area contributed by atoms with Crippen LogP contribution < -0.4 is 16.4 Å². The number of anilines is 3. The third-order valence-electron chi connectivity index (χ3n) is 3.01. The van der Waals surface area contributed by atoms with Crippen molar-refractivity contribution < 1.29 is 9.59 Å².